The van der Waals surface area contributed by atoms with Crippen molar-refractivity contribution in [3.63, 3.8) is 0 Å². The Morgan fingerprint density at radius 3 is 2.88 bits per heavy atom. The molecule has 1 unspecified atom stereocenters. The maximum absolute atomic E-state index is 12.0. The molecule has 0 radical (unpaired) electrons. The SMILES string of the molecule is CC1CN(CC(=O)c2ccccc2)CCN1. The zero-order chi connectivity index (χ0) is 11.4. The molecule has 2 rings (SSSR count). The molecule has 0 saturated carbocycles. The number of rotatable bonds is 3. The summed E-state index contributed by atoms with van der Waals surface area (Å²) in [6, 6.07) is 10.0. The minimum Gasteiger partial charge on any atom is -0.312 e. The van der Waals surface area contributed by atoms with Crippen molar-refractivity contribution >= 4 is 5.78 Å². The van der Waals surface area contributed by atoms with Gasteiger partial charge in [-0.1, -0.05) is 30.3 Å². The average Bonchev–Trinajstić information content (AvgIpc) is 2.30. The molecule has 86 valence electrons. The normalized spacial score (nSPS) is 21.9. The van der Waals surface area contributed by atoms with Crippen LogP contribution in [0, 0.1) is 0 Å². The Kier molecular flexibility index (Phi) is 3.70. The summed E-state index contributed by atoms with van der Waals surface area (Å²) in [6.45, 7) is 5.58. The van der Waals surface area contributed by atoms with Crippen LogP contribution in [0.5, 0.6) is 0 Å². The Morgan fingerprint density at radius 1 is 1.44 bits per heavy atom. The third kappa shape index (κ3) is 2.90. The number of ketones is 1. The fourth-order valence-electron chi connectivity index (χ4n) is 2.07. The van der Waals surface area contributed by atoms with E-state index in [2.05, 4.69) is 17.1 Å². The standard InChI is InChI=1S/C13H18N2O/c1-11-9-15(8-7-14-11)10-13(16)12-5-3-2-4-6-12/h2-6,11,14H,7-10H2,1H3. The van der Waals surface area contributed by atoms with Gasteiger partial charge in [0, 0.05) is 31.2 Å². The lowest BCUT2D eigenvalue weighted by molar-refractivity contribution is 0.0908. The molecule has 0 bridgehead atoms. The minimum atomic E-state index is 0.217. The summed E-state index contributed by atoms with van der Waals surface area (Å²) < 4.78 is 0. The van der Waals surface area contributed by atoms with Gasteiger partial charge in [0.2, 0.25) is 0 Å². The number of carbonyl (C=O) groups excluding carboxylic acids is 1. The number of benzene rings is 1. The van der Waals surface area contributed by atoms with Crippen LogP contribution in [0.2, 0.25) is 0 Å². The Labute approximate surface area is 96.5 Å². The molecule has 1 aliphatic rings. The second kappa shape index (κ2) is 5.23. The molecule has 0 spiro atoms. The fourth-order valence-corrected chi connectivity index (χ4v) is 2.07. The predicted molar refractivity (Wildman–Crippen MR) is 64.7 cm³/mol. The van der Waals surface area contributed by atoms with E-state index in [9.17, 15) is 4.79 Å². The van der Waals surface area contributed by atoms with Crippen molar-refractivity contribution < 1.29 is 4.79 Å². The molecule has 0 aliphatic carbocycles. The second-order valence-electron chi connectivity index (χ2n) is 4.38. The molecule has 3 heteroatoms. The van der Waals surface area contributed by atoms with Gasteiger partial charge in [0.15, 0.2) is 5.78 Å². The van der Waals surface area contributed by atoms with Gasteiger partial charge >= 0.3 is 0 Å². The van der Waals surface area contributed by atoms with Crippen molar-refractivity contribution in [3.8, 4) is 0 Å². The van der Waals surface area contributed by atoms with Gasteiger partial charge in [0.1, 0.15) is 0 Å². The predicted octanol–water partition coefficient (Wildman–Crippen LogP) is 1.16. The summed E-state index contributed by atoms with van der Waals surface area (Å²) in [5.74, 6) is 0.217. The zero-order valence-electron chi connectivity index (χ0n) is 9.65. The summed E-state index contributed by atoms with van der Waals surface area (Å²) in [5, 5.41) is 3.37. The first-order valence-corrected chi connectivity index (χ1v) is 5.79. The molecule has 1 N–H and O–H groups in total. The summed E-state index contributed by atoms with van der Waals surface area (Å²) in [4.78, 5) is 14.2. The van der Waals surface area contributed by atoms with Gasteiger partial charge < -0.3 is 5.32 Å². The van der Waals surface area contributed by atoms with Gasteiger partial charge in [0.25, 0.3) is 0 Å². The molecular formula is C13H18N2O. The summed E-state index contributed by atoms with van der Waals surface area (Å²) >= 11 is 0. The van der Waals surface area contributed by atoms with E-state index in [1.165, 1.54) is 0 Å². The van der Waals surface area contributed by atoms with Crippen molar-refractivity contribution in [2.45, 2.75) is 13.0 Å². The number of nitrogens with zero attached hydrogens (tertiary/aromatic N) is 1. The number of nitrogens with one attached hydrogen (secondary N) is 1. The minimum absolute atomic E-state index is 0.217. The second-order valence-corrected chi connectivity index (χ2v) is 4.38. The molecule has 1 atom stereocenters. The summed E-state index contributed by atoms with van der Waals surface area (Å²) in [5.41, 5.74) is 0.814. The molecule has 0 aromatic heterocycles. The van der Waals surface area contributed by atoms with E-state index < -0.39 is 0 Å². The van der Waals surface area contributed by atoms with Gasteiger partial charge in [-0.05, 0) is 6.92 Å². The number of hydrogen-bond acceptors (Lipinski definition) is 3. The summed E-state index contributed by atoms with van der Waals surface area (Å²) in [6.07, 6.45) is 0. The lowest BCUT2D eigenvalue weighted by Crippen LogP contribution is -2.50. The topological polar surface area (TPSA) is 32.3 Å². The zero-order valence-corrected chi connectivity index (χ0v) is 9.65. The molecule has 1 fully saturated rings. The first kappa shape index (κ1) is 11.3. The van der Waals surface area contributed by atoms with Gasteiger partial charge in [0.05, 0.1) is 6.54 Å². The van der Waals surface area contributed by atoms with Crippen LogP contribution in [-0.4, -0.2) is 42.9 Å². The fraction of sp³-hybridized carbons (Fsp3) is 0.462. The third-order valence-corrected chi connectivity index (χ3v) is 2.92. The maximum atomic E-state index is 12.0. The molecule has 3 nitrogen and oxygen atoms in total. The quantitative estimate of drug-likeness (QED) is 0.773. The van der Waals surface area contributed by atoms with Crippen molar-refractivity contribution in [2.75, 3.05) is 26.2 Å². The molecule has 1 aliphatic heterocycles. The van der Waals surface area contributed by atoms with Crippen LogP contribution in [0.1, 0.15) is 17.3 Å². The van der Waals surface area contributed by atoms with Crippen molar-refractivity contribution in [1.82, 2.24) is 10.2 Å². The van der Waals surface area contributed by atoms with Crippen LogP contribution in [0.15, 0.2) is 30.3 Å². The van der Waals surface area contributed by atoms with Crippen LogP contribution in [0.4, 0.5) is 0 Å². The van der Waals surface area contributed by atoms with Gasteiger partial charge in [-0.25, -0.2) is 0 Å². The third-order valence-electron chi connectivity index (χ3n) is 2.92. The highest BCUT2D eigenvalue weighted by molar-refractivity contribution is 5.97. The lowest BCUT2D eigenvalue weighted by atomic mass is 10.1. The Morgan fingerprint density at radius 2 is 2.19 bits per heavy atom. The highest BCUT2D eigenvalue weighted by atomic mass is 16.1. The van der Waals surface area contributed by atoms with Gasteiger partial charge in [-0.15, -0.1) is 0 Å². The Bertz CT molecular complexity index is 350. The van der Waals surface area contributed by atoms with Gasteiger partial charge in [-0.3, -0.25) is 9.69 Å². The lowest BCUT2D eigenvalue weighted by Gasteiger charge is -2.31. The van der Waals surface area contributed by atoms with Crippen LogP contribution in [0.25, 0.3) is 0 Å². The van der Waals surface area contributed by atoms with E-state index in [0.717, 1.165) is 25.2 Å². The number of Topliss-reactive ketones (excluding diaryl/α,β-unsaturated/α-hetero) is 1. The molecule has 1 aromatic rings. The van der Waals surface area contributed by atoms with E-state index in [0.29, 0.717) is 12.6 Å². The largest absolute Gasteiger partial charge is 0.312 e. The van der Waals surface area contributed by atoms with E-state index in [-0.39, 0.29) is 5.78 Å². The summed E-state index contributed by atoms with van der Waals surface area (Å²) in [7, 11) is 0. The van der Waals surface area contributed by atoms with Crippen molar-refractivity contribution in [2.24, 2.45) is 0 Å². The van der Waals surface area contributed by atoms with E-state index in [4.69, 9.17) is 0 Å². The van der Waals surface area contributed by atoms with Crippen LogP contribution < -0.4 is 5.32 Å². The van der Waals surface area contributed by atoms with Crippen molar-refractivity contribution in [1.29, 1.82) is 0 Å². The number of piperazine rings is 1. The molecule has 0 amide bonds. The van der Waals surface area contributed by atoms with Crippen LogP contribution in [0.3, 0.4) is 0 Å². The first-order chi connectivity index (χ1) is 7.75. The molecule has 1 aromatic carbocycles. The van der Waals surface area contributed by atoms with E-state index in [1.807, 2.05) is 30.3 Å². The van der Waals surface area contributed by atoms with E-state index >= 15 is 0 Å². The highest BCUT2D eigenvalue weighted by Crippen LogP contribution is 2.04. The number of hydrogen-bond donors (Lipinski definition) is 1. The molecule has 16 heavy (non-hydrogen) atoms. The average molecular weight is 218 g/mol. The molecule has 1 saturated heterocycles. The monoisotopic (exact) mass is 218 g/mol. The smallest absolute Gasteiger partial charge is 0.176 e. The molecular weight excluding hydrogens is 200 g/mol. The van der Waals surface area contributed by atoms with E-state index in [1.54, 1.807) is 0 Å². The Balaban J connectivity index is 1.92. The Hall–Kier alpha value is -1.19. The first-order valence-electron chi connectivity index (χ1n) is 5.79. The van der Waals surface area contributed by atoms with Crippen LogP contribution in [-0.2, 0) is 0 Å². The van der Waals surface area contributed by atoms with Crippen molar-refractivity contribution in [3.05, 3.63) is 35.9 Å². The maximum Gasteiger partial charge on any atom is 0.176 e. The molecule has 1 heterocycles. The number of carbonyl (C=O) groups is 1. The van der Waals surface area contributed by atoms with Gasteiger partial charge in [-0.2, -0.15) is 0 Å². The highest BCUT2D eigenvalue weighted by Gasteiger charge is 2.18. The van der Waals surface area contributed by atoms with Crippen LogP contribution >= 0.6 is 0 Å².